The molecule has 1 aliphatic rings. The zero-order valence-electron chi connectivity index (χ0n) is 11.3. The van der Waals surface area contributed by atoms with E-state index in [0.29, 0.717) is 12.3 Å². The lowest BCUT2D eigenvalue weighted by Gasteiger charge is -2.36. The number of nitrogens with one attached hydrogen (secondary N) is 1. The molecule has 0 spiro atoms. The van der Waals surface area contributed by atoms with Gasteiger partial charge in [0, 0.05) is 24.8 Å². The largest absolute Gasteiger partial charge is 0.380 e. The number of non-ortho nitro benzene ring substituents is 1. The van der Waals surface area contributed by atoms with E-state index in [9.17, 15) is 10.1 Å². The fraction of sp³-hybridized carbons (Fsp3) is 0.538. The molecule has 1 unspecified atom stereocenters. The third kappa shape index (κ3) is 3.53. The van der Waals surface area contributed by atoms with Crippen LogP contribution in [0.5, 0.6) is 0 Å². The minimum Gasteiger partial charge on any atom is -0.380 e. The number of ether oxygens (including phenoxy) is 1. The second kappa shape index (κ2) is 5.76. The van der Waals surface area contributed by atoms with Crippen molar-refractivity contribution in [1.82, 2.24) is 0 Å². The molecule has 20 heavy (non-hydrogen) atoms. The lowest BCUT2D eigenvalue weighted by atomic mass is 9.94. The quantitative estimate of drug-likeness (QED) is 0.667. The molecule has 1 aromatic carbocycles. The van der Waals surface area contributed by atoms with Gasteiger partial charge in [0.2, 0.25) is 0 Å². The van der Waals surface area contributed by atoms with Crippen molar-refractivity contribution >= 4 is 34.6 Å². The maximum absolute atomic E-state index is 10.7. The topological polar surface area (TPSA) is 64.4 Å². The average molecular weight is 319 g/mol. The SMILES string of the molecule is CC1(C)CC(Nc2c(Cl)cc([N+](=O)[O-])cc2Cl)CCO1. The number of hydrogen-bond acceptors (Lipinski definition) is 4. The lowest BCUT2D eigenvalue weighted by molar-refractivity contribution is -0.384. The Labute approximate surface area is 127 Å². The molecule has 0 saturated carbocycles. The Kier molecular flexibility index (Phi) is 4.42. The van der Waals surface area contributed by atoms with Crippen molar-refractivity contribution < 1.29 is 9.66 Å². The van der Waals surface area contributed by atoms with E-state index in [-0.39, 0.29) is 27.4 Å². The summed E-state index contributed by atoms with van der Waals surface area (Å²) in [6.45, 7) is 4.71. The van der Waals surface area contributed by atoms with Gasteiger partial charge in [0.15, 0.2) is 0 Å². The minimum atomic E-state index is -0.515. The highest BCUT2D eigenvalue weighted by Crippen LogP contribution is 2.36. The van der Waals surface area contributed by atoms with Crippen LogP contribution in [0.15, 0.2) is 12.1 Å². The normalized spacial score (nSPS) is 21.5. The summed E-state index contributed by atoms with van der Waals surface area (Å²) in [6.07, 6.45) is 1.66. The van der Waals surface area contributed by atoms with Crippen LogP contribution in [0.2, 0.25) is 10.0 Å². The number of nitrogens with zero attached hydrogens (tertiary/aromatic N) is 1. The molecule has 5 nitrogen and oxygen atoms in total. The Balaban J connectivity index is 2.19. The highest BCUT2D eigenvalue weighted by molar-refractivity contribution is 6.39. The average Bonchev–Trinajstić information content (AvgIpc) is 2.32. The number of nitro groups is 1. The molecule has 1 aliphatic heterocycles. The van der Waals surface area contributed by atoms with Gasteiger partial charge in [-0.1, -0.05) is 23.2 Å². The first-order chi connectivity index (χ1) is 9.28. The summed E-state index contributed by atoms with van der Waals surface area (Å²) in [5, 5.41) is 14.5. The number of halogens is 2. The van der Waals surface area contributed by atoms with E-state index >= 15 is 0 Å². The van der Waals surface area contributed by atoms with E-state index in [1.54, 1.807) is 0 Å². The van der Waals surface area contributed by atoms with Crippen molar-refractivity contribution in [2.45, 2.75) is 38.3 Å². The van der Waals surface area contributed by atoms with Crippen molar-refractivity contribution in [3.05, 3.63) is 32.3 Å². The second-order valence-corrected chi connectivity index (χ2v) is 6.30. The fourth-order valence-electron chi connectivity index (χ4n) is 2.36. The Morgan fingerprint density at radius 3 is 2.50 bits per heavy atom. The van der Waals surface area contributed by atoms with Gasteiger partial charge < -0.3 is 10.1 Å². The Bertz CT molecular complexity index is 511. The predicted octanol–water partition coefficient (Wildman–Crippen LogP) is 4.27. The highest BCUT2D eigenvalue weighted by Gasteiger charge is 2.29. The number of rotatable bonds is 3. The summed E-state index contributed by atoms with van der Waals surface area (Å²) in [6, 6.07) is 2.79. The van der Waals surface area contributed by atoms with Crippen molar-refractivity contribution in [1.29, 1.82) is 0 Å². The molecule has 1 N–H and O–H groups in total. The van der Waals surface area contributed by atoms with E-state index in [1.807, 2.05) is 13.8 Å². The number of anilines is 1. The van der Waals surface area contributed by atoms with Gasteiger partial charge in [-0.25, -0.2) is 0 Å². The predicted molar refractivity (Wildman–Crippen MR) is 79.8 cm³/mol. The standard InChI is InChI=1S/C13H16Cl2N2O3/c1-13(2)7-8(3-4-20-13)16-12-10(14)5-9(17(18)19)6-11(12)15/h5-6,8,16H,3-4,7H2,1-2H3. The molecule has 7 heteroatoms. The highest BCUT2D eigenvalue weighted by atomic mass is 35.5. The van der Waals surface area contributed by atoms with E-state index in [1.165, 1.54) is 12.1 Å². The lowest BCUT2D eigenvalue weighted by Crippen LogP contribution is -2.40. The van der Waals surface area contributed by atoms with Gasteiger partial charge in [0.05, 0.1) is 26.3 Å². The van der Waals surface area contributed by atoms with E-state index in [4.69, 9.17) is 27.9 Å². The number of benzene rings is 1. The molecule has 1 heterocycles. The van der Waals surface area contributed by atoms with Crippen LogP contribution in [0.25, 0.3) is 0 Å². The summed E-state index contributed by atoms with van der Waals surface area (Å²) in [7, 11) is 0. The van der Waals surface area contributed by atoms with Crippen LogP contribution in [-0.2, 0) is 4.74 Å². The van der Waals surface area contributed by atoms with Crippen molar-refractivity contribution in [2.75, 3.05) is 11.9 Å². The molecule has 0 amide bonds. The third-order valence-corrected chi connectivity index (χ3v) is 3.88. The molecule has 0 aromatic heterocycles. The first kappa shape index (κ1) is 15.4. The van der Waals surface area contributed by atoms with Crippen LogP contribution >= 0.6 is 23.2 Å². The molecule has 2 rings (SSSR count). The summed E-state index contributed by atoms with van der Waals surface area (Å²) >= 11 is 12.2. The van der Waals surface area contributed by atoms with Gasteiger partial charge in [-0.3, -0.25) is 10.1 Å². The number of nitro benzene ring substituents is 1. The van der Waals surface area contributed by atoms with Crippen LogP contribution < -0.4 is 5.32 Å². The zero-order chi connectivity index (χ0) is 14.9. The van der Waals surface area contributed by atoms with Crippen molar-refractivity contribution in [3.8, 4) is 0 Å². The maximum atomic E-state index is 10.7. The molecule has 0 bridgehead atoms. The second-order valence-electron chi connectivity index (χ2n) is 5.48. The van der Waals surface area contributed by atoms with E-state index < -0.39 is 4.92 Å². The molecule has 110 valence electrons. The molecule has 1 saturated heterocycles. The monoisotopic (exact) mass is 318 g/mol. The van der Waals surface area contributed by atoms with E-state index in [0.717, 1.165) is 12.8 Å². The van der Waals surface area contributed by atoms with Gasteiger partial charge in [-0.15, -0.1) is 0 Å². The van der Waals surface area contributed by atoms with Gasteiger partial charge >= 0.3 is 0 Å². The van der Waals surface area contributed by atoms with Gasteiger partial charge in [-0.05, 0) is 26.7 Å². The summed E-state index contributed by atoms with van der Waals surface area (Å²) in [5.41, 5.74) is 0.231. The van der Waals surface area contributed by atoms with Crippen LogP contribution in [0.4, 0.5) is 11.4 Å². The molecule has 1 fully saturated rings. The molecule has 0 aliphatic carbocycles. The summed E-state index contributed by atoms with van der Waals surface area (Å²) in [5.74, 6) is 0. The Morgan fingerprint density at radius 1 is 1.40 bits per heavy atom. The summed E-state index contributed by atoms with van der Waals surface area (Å²) in [4.78, 5) is 10.2. The number of hydrogen-bond donors (Lipinski definition) is 1. The van der Waals surface area contributed by atoms with Crippen LogP contribution in [0.1, 0.15) is 26.7 Å². The molecular weight excluding hydrogens is 303 g/mol. The first-order valence-corrected chi connectivity index (χ1v) is 7.08. The Hall–Kier alpha value is -1.04. The molecule has 1 atom stereocenters. The van der Waals surface area contributed by atoms with Gasteiger partial charge in [0.1, 0.15) is 0 Å². The fourth-order valence-corrected chi connectivity index (χ4v) is 2.95. The van der Waals surface area contributed by atoms with Gasteiger partial charge in [-0.2, -0.15) is 0 Å². The minimum absolute atomic E-state index is 0.113. The van der Waals surface area contributed by atoms with Gasteiger partial charge in [0.25, 0.3) is 5.69 Å². The molecule has 0 radical (unpaired) electrons. The molecular formula is C13H16Cl2N2O3. The van der Waals surface area contributed by atoms with Crippen LogP contribution in [0.3, 0.4) is 0 Å². The third-order valence-electron chi connectivity index (χ3n) is 3.28. The zero-order valence-corrected chi connectivity index (χ0v) is 12.8. The van der Waals surface area contributed by atoms with E-state index in [2.05, 4.69) is 5.32 Å². The summed E-state index contributed by atoms with van der Waals surface area (Å²) < 4.78 is 5.65. The van der Waals surface area contributed by atoms with Crippen molar-refractivity contribution in [3.63, 3.8) is 0 Å². The maximum Gasteiger partial charge on any atom is 0.272 e. The first-order valence-electron chi connectivity index (χ1n) is 6.32. The smallest absolute Gasteiger partial charge is 0.272 e. The Morgan fingerprint density at radius 2 is 2.00 bits per heavy atom. The van der Waals surface area contributed by atoms with Crippen LogP contribution in [0, 0.1) is 10.1 Å². The van der Waals surface area contributed by atoms with Crippen molar-refractivity contribution in [2.24, 2.45) is 0 Å². The van der Waals surface area contributed by atoms with Crippen LogP contribution in [-0.4, -0.2) is 23.2 Å². The molecule has 1 aromatic rings.